The summed E-state index contributed by atoms with van der Waals surface area (Å²) >= 11 is 3.03. The predicted molar refractivity (Wildman–Crippen MR) is 143 cm³/mol. The molecule has 0 aliphatic carbocycles. The van der Waals surface area contributed by atoms with Gasteiger partial charge in [0.05, 0.1) is 22.1 Å². The first kappa shape index (κ1) is 26.0. The molecule has 0 radical (unpaired) electrons. The number of halogens is 1. The van der Waals surface area contributed by atoms with Crippen LogP contribution in [-0.4, -0.2) is 42.9 Å². The molecule has 1 heterocycles. The van der Waals surface area contributed by atoms with E-state index in [9.17, 15) is 9.59 Å². The second-order valence-corrected chi connectivity index (χ2v) is 10.1. The van der Waals surface area contributed by atoms with E-state index in [0.717, 1.165) is 37.8 Å². The Morgan fingerprint density at radius 1 is 1.18 bits per heavy atom. The Labute approximate surface area is 218 Å². The zero-order valence-electron chi connectivity index (χ0n) is 19.5. The second kappa shape index (κ2) is 11.7. The largest absolute Gasteiger partial charge is 0.493 e. The summed E-state index contributed by atoms with van der Waals surface area (Å²) in [4.78, 5) is 27.0. The predicted octanol–water partition coefficient (Wildman–Crippen LogP) is 5.86. The summed E-state index contributed by atoms with van der Waals surface area (Å²) in [5, 5.41) is -0.316. The molecule has 0 unspecified atom stereocenters. The van der Waals surface area contributed by atoms with Gasteiger partial charge in [-0.3, -0.25) is 14.5 Å². The fraction of sp³-hybridized carbons (Fsp3) is 0.308. The highest BCUT2D eigenvalue weighted by Gasteiger charge is 2.35. The Hall–Kier alpha value is -2.64. The number of aryl methyl sites for hydroxylation is 1. The van der Waals surface area contributed by atoms with Crippen LogP contribution in [0.15, 0.2) is 35.2 Å². The minimum absolute atomic E-state index is 0.119. The Kier molecular flexibility index (Phi) is 8.91. The monoisotopic (exact) mass is 591 g/mol. The number of benzene rings is 2. The Morgan fingerprint density at radius 3 is 2.62 bits per heavy atom. The standard InChI is InChI=1S/C26H26INO5S/c1-6-10-33-24-20(27)13-18(14-22(24)31-5)15-23-25(29)28(26(30)34-23)9-11-32-21-12-17(4)7-8-19(21)16(2)3/h1,7-8,12-16H,9-11H2,2-5H3/b23-15-. The minimum atomic E-state index is -0.339. The SMILES string of the molecule is C#CCOc1c(I)cc(/C=C2\SC(=O)N(CCOc3cc(C)ccc3C(C)C)C2=O)cc1OC. The van der Waals surface area contributed by atoms with Gasteiger partial charge in [0.2, 0.25) is 0 Å². The number of nitrogens with zero attached hydrogens (tertiary/aromatic N) is 1. The fourth-order valence-corrected chi connectivity index (χ4v) is 5.06. The van der Waals surface area contributed by atoms with Gasteiger partial charge in [0.25, 0.3) is 11.1 Å². The topological polar surface area (TPSA) is 65.1 Å². The van der Waals surface area contributed by atoms with Crippen LogP contribution in [0, 0.1) is 22.8 Å². The van der Waals surface area contributed by atoms with Gasteiger partial charge in [-0.15, -0.1) is 6.42 Å². The van der Waals surface area contributed by atoms with Crippen LogP contribution in [0.2, 0.25) is 0 Å². The number of imide groups is 1. The zero-order chi connectivity index (χ0) is 24.8. The highest BCUT2D eigenvalue weighted by atomic mass is 127. The third kappa shape index (κ3) is 6.07. The van der Waals surface area contributed by atoms with Crippen molar-refractivity contribution in [1.82, 2.24) is 4.90 Å². The van der Waals surface area contributed by atoms with E-state index in [1.165, 1.54) is 12.0 Å². The first-order valence-corrected chi connectivity index (χ1v) is 12.6. The molecule has 0 N–H and O–H groups in total. The number of carbonyl (C=O) groups is 2. The van der Waals surface area contributed by atoms with Gasteiger partial charge in [-0.2, -0.15) is 0 Å². The molecule has 8 heteroatoms. The number of terminal acetylenes is 1. The van der Waals surface area contributed by atoms with Gasteiger partial charge < -0.3 is 14.2 Å². The second-order valence-electron chi connectivity index (χ2n) is 7.90. The van der Waals surface area contributed by atoms with Crippen LogP contribution in [-0.2, 0) is 4.79 Å². The number of rotatable bonds is 9. The lowest BCUT2D eigenvalue weighted by Crippen LogP contribution is -2.32. The van der Waals surface area contributed by atoms with Crippen molar-refractivity contribution in [3.8, 4) is 29.6 Å². The highest BCUT2D eigenvalue weighted by Crippen LogP contribution is 2.37. The first-order chi connectivity index (χ1) is 16.2. The molecule has 1 saturated heterocycles. The van der Waals surface area contributed by atoms with E-state index in [1.54, 1.807) is 12.1 Å². The van der Waals surface area contributed by atoms with Crippen molar-refractivity contribution >= 4 is 51.6 Å². The maximum Gasteiger partial charge on any atom is 0.293 e. The van der Waals surface area contributed by atoms with Crippen LogP contribution < -0.4 is 14.2 Å². The molecule has 2 aromatic carbocycles. The van der Waals surface area contributed by atoms with Crippen molar-refractivity contribution in [2.75, 3.05) is 26.9 Å². The number of hydrogen-bond donors (Lipinski definition) is 0. The van der Waals surface area contributed by atoms with E-state index in [2.05, 4.69) is 48.4 Å². The average molecular weight is 591 g/mol. The van der Waals surface area contributed by atoms with Crippen molar-refractivity contribution in [2.45, 2.75) is 26.7 Å². The Balaban J connectivity index is 1.72. The van der Waals surface area contributed by atoms with Crippen molar-refractivity contribution in [3.05, 3.63) is 55.5 Å². The minimum Gasteiger partial charge on any atom is -0.493 e. The van der Waals surface area contributed by atoms with Gasteiger partial charge in [0, 0.05) is 0 Å². The van der Waals surface area contributed by atoms with E-state index >= 15 is 0 Å². The molecule has 1 aliphatic heterocycles. The van der Waals surface area contributed by atoms with Crippen molar-refractivity contribution < 1.29 is 23.8 Å². The van der Waals surface area contributed by atoms with Gasteiger partial charge >= 0.3 is 0 Å². The highest BCUT2D eigenvalue weighted by molar-refractivity contribution is 14.1. The van der Waals surface area contributed by atoms with Crippen LogP contribution in [0.3, 0.4) is 0 Å². The molecule has 0 bridgehead atoms. The molecule has 34 heavy (non-hydrogen) atoms. The van der Waals surface area contributed by atoms with Gasteiger partial charge in [-0.1, -0.05) is 31.9 Å². The Morgan fingerprint density at radius 2 is 1.94 bits per heavy atom. The molecule has 3 rings (SSSR count). The number of thioether (sulfide) groups is 1. The molecule has 2 aromatic rings. The summed E-state index contributed by atoms with van der Waals surface area (Å²) in [6.45, 7) is 6.72. The van der Waals surface area contributed by atoms with E-state index < -0.39 is 0 Å². The molecular weight excluding hydrogens is 565 g/mol. The lowest BCUT2D eigenvalue weighted by Gasteiger charge is -2.17. The molecule has 1 aliphatic rings. The third-order valence-electron chi connectivity index (χ3n) is 5.09. The normalized spacial score (nSPS) is 14.6. The maximum absolute atomic E-state index is 12.9. The van der Waals surface area contributed by atoms with Crippen LogP contribution in [0.25, 0.3) is 6.08 Å². The molecule has 0 spiro atoms. The molecule has 0 saturated carbocycles. The molecule has 1 fully saturated rings. The lowest BCUT2D eigenvalue weighted by atomic mass is 10.0. The number of carbonyl (C=O) groups excluding carboxylic acids is 2. The first-order valence-electron chi connectivity index (χ1n) is 10.7. The average Bonchev–Trinajstić information content (AvgIpc) is 3.05. The van der Waals surface area contributed by atoms with Crippen LogP contribution >= 0.6 is 34.4 Å². The number of ether oxygens (including phenoxy) is 3. The third-order valence-corrected chi connectivity index (χ3v) is 6.80. The Bertz CT molecular complexity index is 1170. The van der Waals surface area contributed by atoms with E-state index in [0.29, 0.717) is 22.3 Å². The molecule has 178 valence electrons. The van der Waals surface area contributed by atoms with Crippen LogP contribution in [0.5, 0.6) is 17.2 Å². The zero-order valence-corrected chi connectivity index (χ0v) is 22.5. The molecule has 6 nitrogen and oxygen atoms in total. The van der Waals surface area contributed by atoms with Crippen molar-refractivity contribution in [1.29, 1.82) is 0 Å². The number of methoxy groups -OCH3 is 1. The summed E-state index contributed by atoms with van der Waals surface area (Å²) in [5.41, 5.74) is 2.91. The smallest absolute Gasteiger partial charge is 0.293 e. The quantitative estimate of drug-likeness (QED) is 0.207. The van der Waals surface area contributed by atoms with Gasteiger partial charge in [-0.05, 0) is 88.2 Å². The summed E-state index contributed by atoms with van der Waals surface area (Å²) in [5.74, 6) is 4.22. The fourth-order valence-electron chi connectivity index (χ4n) is 3.41. The molecule has 2 amide bonds. The maximum atomic E-state index is 12.9. The van der Waals surface area contributed by atoms with Gasteiger partial charge in [0.1, 0.15) is 19.0 Å². The number of hydrogen-bond acceptors (Lipinski definition) is 6. The van der Waals surface area contributed by atoms with Crippen LogP contribution in [0.1, 0.15) is 36.5 Å². The van der Waals surface area contributed by atoms with E-state index in [-0.39, 0.29) is 30.9 Å². The summed E-state index contributed by atoms with van der Waals surface area (Å²) in [6.07, 6.45) is 6.96. The molecule has 0 atom stereocenters. The van der Waals surface area contributed by atoms with Gasteiger partial charge in [0.15, 0.2) is 11.5 Å². The van der Waals surface area contributed by atoms with Crippen molar-refractivity contribution in [2.24, 2.45) is 0 Å². The molecular formula is C26H26INO5S. The number of amides is 2. The van der Waals surface area contributed by atoms with Crippen molar-refractivity contribution in [3.63, 3.8) is 0 Å². The van der Waals surface area contributed by atoms with E-state index in [1.807, 2.05) is 25.1 Å². The summed E-state index contributed by atoms with van der Waals surface area (Å²) < 4.78 is 17.7. The van der Waals surface area contributed by atoms with Crippen LogP contribution in [0.4, 0.5) is 4.79 Å². The van der Waals surface area contributed by atoms with E-state index in [4.69, 9.17) is 20.6 Å². The summed E-state index contributed by atoms with van der Waals surface area (Å²) in [7, 11) is 1.53. The summed E-state index contributed by atoms with van der Waals surface area (Å²) in [6, 6.07) is 9.67. The lowest BCUT2D eigenvalue weighted by molar-refractivity contribution is -0.123. The van der Waals surface area contributed by atoms with Gasteiger partial charge in [-0.25, -0.2) is 0 Å². The molecule has 0 aromatic heterocycles.